The second-order valence-corrected chi connectivity index (χ2v) is 7.39. The number of carbonyl (C=O) groups excluding carboxylic acids is 1. The fourth-order valence-electron chi connectivity index (χ4n) is 4.04. The summed E-state index contributed by atoms with van der Waals surface area (Å²) in [5.74, 6) is 0.432. The average molecular weight is 295 g/mol. The van der Waals surface area contributed by atoms with E-state index in [9.17, 15) is 9.59 Å². The second kappa shape index (κ2) is 6.80. The lowest BCUT2D eigenvalue weighted by molar-refractivity contribution is -0.145. The fraction of sp³-hybridized carbons (Fsp3) is 0.882. The number of rotatable bonds is 5. The van der Waals surface area contributed by atoms with E-state index in [1.807, 2.05) is 4.90 Å². The number of carbonyl (C=O) groups is 2. The van der Waals surface area contributed by atoms with E-state index in [0.717, 1.165) is 25.9 Å². The summed E-state index contributed by atoms with van der Waals surface area (Å²) in [6.45, 7) is 5.80. The topological polar surface area (TPSA) is 57.6 Å². The Labute approximate surface area is 127 Å². The van der Waals surface area contributed by atoms with Gasteiger partial charge in [0.1, 0.15) is 0 Å². The molecule has 1 N–H and O–H groups in total. The van der Waals surface area contributed by atoms with Crippen molar-refractivity contribution in [3.8, 4) is 0 Å². The molecule has 1 unspecified atom stereocenters. The SMILES string of the molecule is CC(C)(C(=O)N1CCCC(CCC(=O)O)C1)C1CCCC1. The minimum atomic E-state index is -0.732. The lowest BCUT2D eigenvalue weighted by atomic mass is 9.76. The van der Waals surface area contributed by atoms with E-state index in [0.29, 0.717) is 18.3 Å². The third kappa shape index (κ3) is 3.98. The smallest absolute Gasteiger partial charge is 0.303 e. The van der Waals surface area contributed by atoms with Gasteiger partial charge in [0.15, 0.2) is 0 Å². The van der Waals surface area contributed by atoms with Crippen LogP contribution in [0.1, 0.15) is 65.2 Å². The van der Waals surface area contributed by atoms with Crippen molar-refractivity contribution in [1.82, 2.24) is 4.90 Å². The quantitative estimate of drug-likeness (QED) is 0.846. The molecule has 1 aliphatic heterocycles. The molecule has 21 heavy (non-hydrogen) atoms. The van der Waals surface area contributed by atoms with E-state index < -0.39 is 5.97 Å². The molecule has 1 amide bonds. The number of aliphatic carboxylic acids is 1. The van der Waals surface area contributed by atoms with Crippen LogP contribution in [0.2, 0.25) is 0 Å². The molecular formula is C17H29NO3. The van der Waals surface area contributed by atoms with Crippen molar-refractivity contribution in [3.63, 3.8) is 0 Å². The number of piperidine rings is 1. The average Bonchev–Trinajstić information content (AvgIpc) is 2.99. The molecule has 1 heterocycles. The van der Waals surface area contributed by atoms with Gasteiger partial charge in [0.2, 0.25) is 5.91 Å². The first-order chi connectivity index (χ1) is 9.91. The summed E-state index contributed by atoms with van der Waals surface area (Å²) in [7, 11) is 0. The molecule has 2 aliphatic rings. The van der Waals surface area contributed by atoms with Crippen LogP contribution in [0.4, 0.5) is 0 Å². The van der Waals surface area contributed by atoms with Crippen LogP contribution in [0, 0.1) is 17.3 Å². The molecule has 2 rings (SSSR count). The number of hydrogen-bond donors (Lipinski definition) is 1. The monoisotopic (exact) mass is 295 g/mol. The Morgan fingerprint density at radius 1 is 1.14 bits per heavy atom. The first-order valence-corrected chi connectivity index (χ1v) is 8.42. The molecule has 0 bridgehead atoms. The first kappa shape index (κ1) is 16.3. The van der Waals surface area contributed by atoms with E-state index >= 15 is 0 Å². The van der Waals surface area contributed by atoms with Gasteiger partial charge in [-0.3, -0.25) is 9.59 Å². The van der Waals surface area contributed by atoms with Gasteiger partial charge in [-0.15, -0.1) is 0 Å². The molecule has 4 nitrogen and oxygen atoms in total. The number of amides is 1. The van der Waals surface area contributed by atoms with Crippen molar-refractivity contribution < 1.29 is 14.7 Å². The van der Waals surface area contributed by atoms with Gasteiger partial charge in [-0.05, 0) is 43.9 Å². The molecule has 0 radical (unpaired) electrons. The number of likely N-dealkylation sites (tertiary alicyclic amines) is 1. The van der Waals surface area contributed by atoms with Gasteiger partial charge < -0.3 is 10.0 Å². The Bertz CT molecular complexity index is 385. The van der Waals surface area contributed by atoms with E-state index in [-0.39, 0.29) is 17.7 Å². The van der Waals surface area contributed by atoms with Gasteiger partial charge in [-0.1, -0.05) is 26.7 Å². The highest BCUT2D eigenvalue weighted by molar-refractivity contribution is 5.82. The molecule has 0 spiro atoms. The highest BCUT2D eigenvalue weighted by Crippen LogP contribution is 2.41. The predicted molar refractivity (Wildman–Crippen MR) is 81.9 cm³/mol. The summed E-state index contributed by atoms with van der Waals surface area (Å²) >= 11 is 0. The lowest BCUT2D eigenvalue weighted by Crippen LogP contribution is -2.48. The van der Waals surface area contributed by atoms with Gasteiger partial charge in [-0.25, -0.2) is 0 Å². The zero-order valence-corrected chi connectivity index (χ0v) is 13.4. The van der Waals surface area contributed by atoms with Crippen molar-refractivity contribution in [2.75, 3.05) is 13.1 Å². The third-order valence-electron chi connectivity index (χ3n) is 5.50. The van der Waals surface area contributed by atoms with E-state index in [1.54, 1.807) is 0 Å². The van der Waals surface area contributed by atoms with Crippen molar-refractivity contribution in [3.05, 3.63) is 0 Å². The largest absolute Gasteiger partial charge is 0.481 e. The molecule has 2 fully saturated rings. The minimum Gasteiger partial charge on any atom is -0.481 e. The second-order valence-electron chi connectivity index (χ2n) is 7.39. The summed E-state index contributed by atoms with van der Waals surface area (Å²) < 4.78 is 0. The molecular weight excluding hydrogens is 266 g/mol. The number of nitrogens with zero attached hydrogens (tertiary/aromatic N) is 1. The normalized spacial score (nSPS) is 24.3. The fourth-order valence-corrected chi connectivity index (χ4v) is 4.04. The molecule has 0 aromatic rings. The van der Waals surface area contributed by atoms with E-state index in [1.165, 1.54) is 25.7 Å². The Kier molecular flexibility index (Phi) is 5.28. The van der Waals surface area contributed by atoms with E-state index in [2.05, 4.69) is 13.8 Å². The summed E-state index contributed by atoms with van der Waals surface area (Å²) in [6.07, 6.45) is 7.84. The van der Waals surface area contributed by atoms with Crippen LogP contribution in [0.3, 0.4) is 0 Å². The maximum atomic E-state index is 12.9. The van der Waals surface area contributed by atoms with Crippen molar-refractivity contribution in [2.45, 2.75) is 65.2 Å². The third-order valence-corrected chi connectivity index (χ3v) is 5.50. The van der Waals surface area contributed by atoms with Crippen LogP contribution in [0.25, 0.3) is 0 Å². The Hall–Kier alpha value is -1.06. The minimum absolute atomic E-state index is 0.221. The molecule has 120 valence electrons. The van der Waals surface area contributed by atoms with Crippen LogP contribution >= 0.6 is 0 Å². The Morgan fingerprint density at radius 2 is 1.81 bits per heavy atom. The zero-order valence-electron chi connectivity index (χ0n) is 13.4. The molecule has 1 atom stereocenters. The van der Waals surface area contributed by atoms with Crippen molar-refractivity contribution in [2.24, 2.45) is 17.3 Å². The highest BCUT2D eigenvalue weighted by atomic mass is 16.4. The molecule has 1 saturated carbocycles. The molecule has 1 saturated heterocycles. The van der Waals surface area contributed by atoms with Crippen LogP contribution in [0.5, 0.6) is 0 Å². The summed E-state index contributed by atoms with van der Waals surface area (Å²) in [5, 5.41) is 8.81. The molecule has 0 aromatic heterocycles. The number of hydrogen-bond acceptors (Lipinski definition) is 2. The van der Waals surface area contributed by atoms with E-state index in [4.69, 9.17) is 5.11 Å². The van der Waals surface area contributed by atoms with Crippen LogP contribution < -0.4 is 0 Å². The molecule has 0 aromatic carbocycles. The van der Waals surface area contributed by atoms with Crippen molar-refractivity contribution >= 4 is 11.9 Å². The number of carboxylic acids is 1. The van der Waals surface area contributed by atoms with Crippen LogP contribution in [-0.4, -0.2) is 35.0 Å². The predicted octanol–water partition coefficient (Wildman–Crippen LogP) is 3.31. The standard InChI is InChI=1S/C17H29NO3/c1-17(2,14-7-3-4-8-14)16(21)18-11-5-6-13(12-18)9-10-15(19)20/h13-14H,3-12H2,1-2H3,(H,19,20). The molecule has 1 aliphatic carbocycles. The van der Waals surface area contributed by atoms with Crippen LogP contribution in [0.15, 0.2) is 0 Å². The molecule has 4 heteroatoms. The van der Waals surface area contributed by atoms with Gasteiger partial charge in [0.05, 0.1) is 0 Å². The van der Waals surface area contributed by atoms with Crippen LogP contribution in [-0.2, 0) is 9.59 Å². The maximum absolute atomic E-state index is 12.9. The lowest BCUT2D eigenvalue weighted by Gasteiger charge is -2.40. The summed E-state index contributed by atoms with van der Waals surface area (Å²) in [4.78, 5) is 25.6. The maximum Gasteiger partial charge on any atom is 0.303 e. The Morgan fingerprint density at radius 3 is 2.43 bits per heavy atom. The number of carboxylic acid groups (broad SMARTS) is 1. The first-order valence-electron chi connectivity index (χ1n) is 8.42. The summed E-state index contributed by atoms with van der Waals surface area (Å²) in [5.41, 5.74) is -0.259. The van der Waals surface area contributed by atoms with Gasteiger partial charge >= 0.3 is 5.97 Å². The zero-order chi connectivity index (χ0) is 15.5. The highest BCUT2D eigenvalue weighted by Gasteiger charge is 2.41. The van der Waals surface area contributed by atoms with Gasteiger partial charge in [0, 0.05) is 24.9 Å². The van der Waals surface area contributed by atoms with Crippen molar-refractivity contribution in [1.29, 1.82) is 0 Å². The van der Waals surface area contributed by atoms with Gasteiger partial charge in [-0.2, -0.15) is 0 Å². The Balaban J connectivity index is 1.93. The van der Waals surface area contributed by atoms with Gasteiger partial charge in [0.25, 0.3) is 0 Å². The summed E-state index contributed by atoms with van der Waals surface area (Å²) in [6, 6.07) is 0.